The fourth-order valence-corrected chi connectivity index (χ4v) is 1.50. The zero-order chi connectivity index (χ0) is 7.84. The predicted molar refractivity (Wildman–Crippen MR) is 45.2 cm³/mol. The summed E-state index contributed by atoms with van der Waals surface area (Å²) < 4.78 is 0. The van der Waals surface area contributed by atoms with Gasteiger partial charge in [0.15, 0.2) is 0 Å². The van der Waals surface area contributed by atoms with E-state index >= 15 is 0 Å². The van der Waals surface area contributed by atoms with Crippen LogP contribution in [0.2, 0.25) is 0 Å². The molecule has 11 heavy (non-hydrogen) atoms. The van der Waals surface area contributed by atoms with E-state index in [1.165, 1.54) is 5.69 Å². The first-order valence-corrected chi connectivity index (χ1v) is 3.99. The summed E-state index contributed by atoms with van der Waals surface area (Å²) in [4.78, 5) is 7.61. The van der Waals surface area contributed by atoms with Gasteiger partial charge in [0.05, 0.1) is 5.69 Å². The highest BCUT2D eigenvalue weighted by Crippen LogP contribution is 2.19. The van der Waals surface area contributed by atoms with Crippen molar-refractivity contribution >= 4 is 6.08 Å². The van der Waals surface area contributed by atoms with Crippen LogP contribution in [0.1, 0.15) is 24.1 Å². The quantitative estimate of drug-likeness (QED) is 0.598. The lowest BCUT2D eigenvalue weighted by Crippen LogP contribution is -2.02. The van der Waals surface area contributed by atoms with Gasteiger partial charge in [-0.1, -0.05) is 13.0 Å². The van der Waals surface area contributed by atoms with Crippen LogP contribution in [0, 0.1) is 12.8 Å². The van der Waals surface area contributed by atoms with Gasteiger partial charge in [0.2, 0.25) is 0 Å². The summed E-state index contributed by atoms with van der Waals surface area (Å²) in [5, 5.41) is 0. The number of aryl methyl sites for hydroxylation is 1. The van der Waals surface area contributed by atoms with Crippen molar-refractivity contribution in [3.05, 3.63) is 23.3 Å². The molecule has 0 saturated carbocycles. The third kappa shape index (κ3) is 1.09. The van der Waals surface area contributed by atoms with Crippen molar-refractivity contribution in [1.82, 2.24) is 9.97 Å². The van der Waals surface area contributed by atoms with Crippen LogP contribution in [0.25, 0.3) is 6.08 Å². The first-order chi connectivity index (χ1) is 5.25. The average Bonchev–Trinajstić information content (AvgIpc) is 2.27. The normalized spacial score (nSPS) is 21.8. The van der Waals surface area contributed by atoms with E-state index in [0.29, 0.717) is 5.92 Å². The standard InChI is InChI=1S/C9H12N2/c1-6-3-4-8-9(5-6)11-7(2)10-8/h3-4,6H,5H2,1-2H3,(H,10,11)/t6-/m0/s1. The van der Waals surface area contributed by atoms with Crippen molar-refractivity contribution in [2.75, 3.05) is 0 Å². The second-order valence-corrected chi connectivity index (χ2v) is 3.23. The van der Waals surface area contributed by atoms with Crippen molar-refractivity contribution in [3.63, 3.8) is 0 Å². The van der Waals surface area contributed by atoms with Crippen molar-refractivity contribution in [2.24, 2.45) is 5.92 Å². The van der Waals surface area contributed by atoms with Crippen molar-refractivity contribution in [2.45, 2.75) is 20.3 Å². The number of H-pyrrole nitrogens is 1. The zero-order valence-electron chi connectivity index (χ0n) is 6.89. The molecule has 1 aromatic heterocycles. The molecule has 2 nitrogen and oxygen atoms in total. The number of fused-ring (bicyclic) bond motifs is 1. The second kappa shape index (κ2) is 2.22. The van der Waals surface area contributed by atoms with Crippen LogP contribution in [0.3, 0.4) is 0 Å². The van der Waals surface area contributed by atoms with Gasteiger partial charge in [0.25, 0.3) is 0 Å². The topological polar surface area (TPSA) is 28.7 Å². The first kappa shape index (κ1) is 6.65. The van der Waals surface area contributed by atoms with E-state index < -0.39 is 0 Å². The molecule has 0 unspecified atom stereocenters. The second-order valence-electron chi connectivity index (χ2n) is 3.23. The fraction of sp³-hybridized carbons (Fsp3) is 0.444. The highest BCUT2D eigenvalue weighted by molar-refractivity contribution is 5.51. The van der Waals surface area contributed by atoms with Gasteiger partial charge in [0, 0.05) is 5.69 Å². The van der Waals surface area contributed by atoms with Gasteiger partial charge in [-0.3, -0.25) is 0 Å². The van der Waals surface area contributed by atoms with Crippen LogP contribution in [-0.4, -0.2) is 9.97 Å². The monoisotopic (exact) mass is 148 g/mol. The molecule has 0 amide bonds. The molecule has 0 saturated heterocycles. The summed E-state index contributed by atoms with van der Waals surface area (Å²) >= 11 is 0. The molecule has 1 atom stereocenters. The average molecular weight is 148 g/mol. The largest absolute Gasteiger partial charge is 0.346 e. The van der Waals surface area contributed by atoms with E-state index in [4.69, 9.17) is 0 Å². The van der Waals surface area contributed by atoms with E-state index in [1.807, 2.05) is 6.92 Å². The van der Waals surface area contributed by atoms with Gasteiger partial charge < -0.3 is 4.98 Å². The van der Waals surface area contributed by atoms with Crippen LogP contribution in [0.5, 0.6) is 0 Å². The van der Waals surface area contributed by atoms with Crippen LogP contribution >= 0.6 is 0 Å². The van der Waals surface area contributed by atoms with Gasteiger partial charge in [-0.05, 0) is 25.3 Å². The molecule has 1 N–H and O–H groups in total. The highest BCUT2D eigenvalue weighted by atomic mass is 14.9. The molecule has 58 valence electrons. The minimum Gasteiger partial charge on any atom is -0.346 e. The molecule has 0 aliphatic heterocycles. The predicted octanol–water partition coefficient (Wildman–Crippen LogP) is 1.92. The first-order valence-electron chi connectivity index (χ1n) is 3.99. The molecule has 0 fully saturated rings. The van der Waals surface area contributed by atoms with E-state index in [2.05, 4.69) is 29.0 Å². The van der Waals surface area contributed by atoms with Gasteiger partial charge in [0.1, 0.15) is 5.82 Å². The summed E-state index contributed by atoms with van der Waals surface area (Å²) in [5.74, 6) is 1.68. The molecular weight excluding hydrogens is 136 g/mol. The Balaban J connectivity index is 2.44. The Morgan fingerprint density at radius 1 is 1.64 bits per heavy atom. The number of hydrogen-bond donors (Lipinski definition) is 1. The Morgan fingerprint density at radius 2 is 2.45 bits per heavy atom. The summed E-state index contributed by atoms with van der Waals surface area (Å²) in [6.07, 6.45) is 5.42. The van der Waals surface area contributed by atoms with Gasteiger partial charge in [-0.25, -0.2) is 4.98 Å². The maximum Gasteiger partial charge on any atom is 0.103 e. The fourth-order valence-electron chi connectivity index (χ4n) is 1.50. The summed E-state index contributed by atoms with van der Waals surface area (Å²) in [7, 11) is 0. The number of nitrogens with one attached hydrogen (secondary N) is 1. The number of imidazole rings is 1. The maximum atomic E-state index is 4.34. The van der Waals surface area contributed by atoms with Crippen molar-refractivity contribution in [1.29, 1.82) is 0 Å². The lowest BCUT2D eigenvalue weighted by Gasteiger charge is -2.09. The number of aromatic nitrogens is 2. The van der Waals surface area contributed by atoms with Gasteiger partial charge in [-0.15, -0.1) is 0 Å². The third-order valence-electron chi connectivity index (χ3n) is 2.04. The van der Waals surface area contributed by atoms with Crippen LogP contribution in [-0.2, 0) is 6.42 Å². The molecule has 1 aliphatic carbocycles. The minimum absolute atomic E-state index is 0.655. The van der Waals surface area contributed by atoms with E-state index in [0.717, 1.165) is 17.9 Å². The SMILES string of the molecule is Cc1nc2c([nH]1)C[C@@H](C)C=C2. The molecule has 1 aliphatic rings. The smallest absolute Gasteiger partial charge is 0.103 e. The van der Waals surface area contributed by atoms with Crippen molar-refractivity contribution in [3.8, 4) is 0 Å². The van der Waals surface area contributed by atoms with E-state index in [1.54, 1.807) is 0 Å². The summed E-state index contributed by atoms with van der Waals surface area (Å²) in [6.45, 7) is 4.21. The number of rotatable bonds is 0. The van der Waals surface area contributed by atoms with Crippen LogP contribution < -0.4 is 0 Å². The summed E-state index contributed by atoms with van der Waals surface area (Å²) in [6, 6.07) is 0. The lowest BCUT2D eigenvalue weighted by atomic mass is 9.99. The Morgan fingerprint density at radius 3 is 3.27 bits per heavy atom. The number of hydrogen-bond acceptors (Lipinski definition) is 1. The van der Waals surface area contributed by atoms with E-state index in [-0.39, 0.29) is 0 Å². The Labute approximate surface area is 66.4 Å². The number of allylic oxidation sites excluding steroid dienone is 1. The minimum atomic E-state index is 0.655. The van der Waals surface area contributed by atoms with Crippen LogP contribution in [0.15, 0.2) is 6.08 Å². The molecule has 2 heteroatoms. The van der Waals surface area contributed by atoms with E-state index in [9.17, 15) is 0 Å². The van der Waals surface area contributed by atoms with Gasteiger partial charge >= 0.3 is 0 Å². The molecular formula is C9H12N2. The maximum absolute atomic E-state index is 4.34. The number of aromatic amines is 1. The third-order valence-corrected chi connectivity index (χ3v) is 2.04. The summed E-state index contributed by atoms with van der Waals surface area (Å²) in [5.41, 5.74) is 2.41. The van der Waals surface area contributed by atoms with Crippen LogP contribution in [0.4, 0.5) is 0 Å². The molecule has 2 rings (SSSR count). The molecule has 1 aromatic rings. The lowest BCUT2D eigenvalue weighted by molar-refractivity contribution is 0.702. The molecule has 0 aromatic carbocycles. The molecule has 1 heterocycles. The van der Waals surface area contributed by atoms with Gasteiger partial charge in [-0.2, -0.15) is 0 Å². The Hall–Kier alpha value is -1.05. The molecule has 0 spiro atoms. The highest BCUT2D eigenvalue weighted by Gasteiger charge is 2.12. The Bertz CT molecular complexity index is 297. The number of nitrogens with zero attached hydrogens (tertiary/aromatic N) is 1. The molecule has 0 radical (unpaired) electrons. The molecule has 0 bridgehead atoms. The van der Waals surface area contributed by atoms with Crippen molar-refractivity contribution < 1.29 is 0 Å². The Kier molecular flexibility index (Phi) is 1.34. The zero-order valence-corrected chi connectivity index (χ0v) is 6.89.